The molecular formula is C14H21NO5. The average Bonchev–Trinajstić information content (AvgIpc) is 2.46. The quantitative estimate of drug-likeness (QED) is 0.668. The van der Waals surface area contributed by atoms with Crippen LogP contribution < -0.4 is 14.8 Å². The molecule has 0 bridgehead atoms. The molecule has 0 radical (unpaired) electrons. The highest BCUT2D eigenvalue weighted by atomic mass is 16.5. The molecule has 1 aromatic rings. The van der Waals surface area contributed by atoms with E-state index in [1.54, 1.807) is 25.3 Å². The highest BCUT2D eigenvalue weighted by Crippen LogP contribution is 2.34. The Kier molecular flexibility index (Phi) is 6.83. The second-order valence-electron chi connectivity index (χ2n) is 4.15. The van der Waals surface area contributed by atoms with E-state index in [2.05, 4.69) is 5.32 Å². The van der Waals surface area contributed by atoms with Gasteiger partial charge in [0.1, 0.15) is 6.04 Å². The third-order valence-corrected chi connectivity index (χ3v) is 2.87. The predicted octanol–water partition coefficient (Wildman–Crippen LogP) is 1.46. The summed E-state index contributed by atoms with van der Waals surface area (Å²) in [6.45, 7) is 1.11. The number of methoxy groups -OCH3 is 3. The first-order chi connectivity index (χ1) is 9.65. The van der Waals surface area contributed by atoms with Gasteiger partial charge in [0.2, 0.25) is 0 Å². The summed E-state index contributed by atoms with van der Waals surface area (Å²) in [5.74, 6) is -0.0226. The molecule has 1 atom stereocenters. The maximum absolute atomic E-state index is 11.4. The Balaban J connectivity index is 2.94. The molecule has 0 aliphatic rings. The Morgan fingerprint density at radius 1 is 1.30 bits per heavy atom. The molecule has 1 unspecified atom stereocenters. The van der Waals surface area contributed by atoms with Crippen molar-refractivity contribution in [3.63, 3.8) is 0 Å². The molecule has 112 valence electrons. The van der Waals surface area contributed by atoms with Gasteiger partial charge in [0.05, 0.1) is 14.2 Å². The lowest BCUT2D eigenvalue weighted by Crippen LogP contribution is -2.30. The van der Waals surface area contributed by atoms with E-state index in [4.69, 9.17) is 14.2 Å². The van der Waals surface area contributed by atoms with Gasteiger partial charge in [0.25, 0.3) is 0 Å². The summed E-state index contributed by atoms with van der Waals surface area (Å²) < 4.78 is 15.4. The lowest BCUT2D eigenvalue weighted by atomic mass is 10.0. The first-order valence-corrected chi connectivity index (χ1v) is 6.31. The largest absolute Gasteiger partial charge is 0.493 e. The minimum absolute atomic E-state index is 0.432. The molecule has 1 aromatic carbocycles. The number of ether oxygens (including phenoxy) is 3. The first kappa shape index (κ1) is 16.3. The van der Waals surface area contributed by atoms with Gasteiger partial charge in [0, 0.05) is 19.3 Å². The van der Waals surface area contributed by atoms with Crippen molar-refractivity contribution in [3.05, 3.63) is 23.8 Å². The van der Waals surface area contributed by atoms with E-state index < -0.39 is 12.0 Å². The highest BCUT2D eigenvalue weighted by molar-refractivity contribution is 5.77. The molecule has 1 rings (SSSR count). The molecule has 0 aliphatic heterocycles. The lowest BCUT2D eigenvalue weighted by Gasteiger charge is -2.19. The molecular weight excluding hydrogens is 262 g/mol. The summed E-state index contributed by atoms with van der Waals surface area (Å²) >= 11 is 0. The Morgan fingerprint density at radius 2 is 2.05 bits per heavy atom. The van der Waals surface area contributed by atoms with Gasteiger partial charge in [-0.2, -0.15) is 0 Å². The van der Waals surface area contributed by atoms with Crippen molar-refractivity contribution in [3.8, 4) is 11.5 Å². The molecule has 0 aromatic heterocycles. The number of hydrogen-bond acceptors (Lipinski definition) is 5. The van der Waals surface area contributed by atoms with E-state index in [1.807, 2.05) is 0 Å². The number of carboxylic acid groups (broad SMARTS) is 1. The zero-order valence-electron chi connectivity index (χ0n) is 12.0. The second-order valence-corrected chi connectivity index (χ2v) is 4.15. The van der Waals surface area contributed by atoms with E-state index in [1.165, 1.54) is 14.2 Å². The van der Waals surface area contributed by atoms with Crippen LogP contribution in [-0.4, -0.2) is 45.6 Å². The molecule has 0 aliphatic carbocycles. The van der Waals surface area contributed by atoms with Crippen molar-refractivity contribution < 1.29 is 24.1 Å². The standard InChI is InChI=1S/C14H21NO5/c1-18-9-5-8-15-12(14(16)17)10-6-4-7-11(19-2)13(10)20-3/h4,6-7,12,15H,5,8-9H2,1-3H3,(H,16,17). The predicted molar refractivity (Wildman–Crippen MR) is 74.4 cm³/mol. The van der Waals surface area contributed by atoms with E-state index in [9.17, 15) is 9.90 Å². The van der Waals surface area contributed by atoms with Crippen molar-refractivity contribution >= 4 is 5.97 Å². The highest BCUT2D eigenvalue weighted by Gasteiger charge is 2.24. The van der Waals surface area contributed by atoms with Crippen LogP contribution in [0.4, 0.5) is 0 Å². The van der Waals surface area contributed by atoms with Gasteiger partial charge in [-0.1, -0.05) is 12.1 Å². The summed E-state index contributed by atoms with van der Waals surface area (Å²) in [5.41, 5.74) is 0.539. The van der Waals surface area contributed by atoms with Crippen LogP contribution in [0.1, 0.15) is 18.0 Å². The minimum Gasteiger partial charge on any atom is -0.493 e. The Hall–Kier alpha value is -1.79. The maximum Gasteiger partial charge on any atom is 0.325 e. The van der Waals surface area contributed by atoms with Crippen LogP contribution in [0.3, 0.4) is 0 Å². The maximum atomic E-state index is 11.4. The van der Waals surface area contributed by atoms with Gasteiger partial charge >= 0.3 is 5.97 Å². The van der Waals surface area contributed by atoms with Gasteiger partial charge in [-0.05, 0) is 19.0 Å². The van der Waals surface area contributed by atoms with Crippen molar-refractivity contribution in [2.75, 3.05) is 34.5 Å². The number of carboxylic acids is 1. The third-order valence-electron chi connectivity index (χ3n) is 2.87. The number of hydrogen-bond donors (Lipinski definition) is 2. The van der Waals surface area contributed by atoms with Gasteiger partial charge in [-0.15, -0.1) is 0 Å². The Labute approximate surface area is 118 Å². The number of carbonyl (C=O) groups is 1. The van der Waals surface area contributed by atoms with E-state index >= 15 is 0 Å². The smallest absolute Gasteiger partial charge is 0.325 e. The number of aliphatic carboxylic acids is 1. The van der Waals surface area contributed by atoms with E-state index in [0.29, 0.717) is 30.2 Å². The molecule has 2 N–H and O–H groups in total. The summed E-state index contributed by atoms with van der Waals surface area (Å²) in [6, 6.07) is 4.33. The second kappa shape index (κ2) is 8.39. The Bertz CT molecular complexity index is 436. The van der Waals surface area contributed by atoms with Crippen LogP contribution in [0.5, 0.6) is 11.5 Å². The fourth-order valence-corrected chi connectivity index (χ4v) is 1.93. The summed E-state index contributed by atoms with van der Waals surface area (Å²) in [7, 11) is 4.62. The number of benzene rings is 1. The van der Waals surface area contributed by atoms with Crippen molar-refractivity contribution in [2.24, 2.45) is 0 Å². The van der Waals surface area contributed by atoms with Crippen LogP contribution in [0.2, 0.25) is 0 Å². The molecule has 6 nitrogen and oxygen atoms in total. The summed E-state index contributed by atoms with van der Waals surface area (Å²) in [6.07, 6.45) is 0.729. The normalized spacial score (nSPS) is 11.9. The van der Waals surface area contributed by atoms with E-state index in [-0.39, 0.29) is 0 Å². The topological polar surface area (TPSA) is 77.0 Å². The zero-order valence-corrected chi connectivity index (χ0v) is 12.0. The summed E-state index contributed by atoms with van der Waals surface area (Å²) in [4.78, 5) is 11.4. The van der Waals surface area contributed by atoms with Crippen LogP contribution in [0.15, 0.2) is 18.2 Å². The van der Waals surface area contributed by atoms with Crippen LogP contribution >= 0.6 is 0 Å². The number of rotatable bonds is 9. The fraction of sp³-hybridized carbons (Fsp3) is 0.500. The molecule has 6 heteroatoms. The van der Waals surface area contributed by atoms with Crippen molar-refractivity contribution in [1.29, 1.82) is 0 Å². The number of para-hydroxylation sites is 1. The van der Waals surface area contributed by atoms with E-state index in [0.717, 1.165) is 6.42 Å². The van der Waals surface area contributed by atoms with Crippen molar-refractivity contribution in [2.45, 2.75) is 12.5 Å². The molecule has 0 saturated heterocycles. The molecule has 0 saturated carbocycles. The number of nitrogens with one attached hydrogen (secondary N) is 1. The zero-order chi connectivity index (χ0) is 15.0. The summed E-state index contributed by atoms with van der Waals surface area (Å²) in [5, 5.41) is 12.4. The Morgan fingerprint density at radius 3 is 2.60 bits per heavy atom. The molecule has 0 heterocycles. The minimum atomic E-state index is -0.964. The molecule has 0 spiro atoms. The lowest BCUT2D eigenvalue weighted by molar-refractivity contribution is -0.139. The van der Waals surface area contributed by atoms with Gasteiger partial charge < -0.3 is 24.6 Å². The third kappa shape index (κ3) is 4.11. The molecule has 0 fully saturated rings. The van der Waals surface area contributed by atoms with Gasteiger partial charge in [0.15, 0.2) is 11.5 Å². The SMILES string of the molecule is COCCCNC(C(=O)O)c1cccc(OC)c1OC. The van der Waals surface area contributed by atoms with Crippen LogP contribution in [-0.2, 0) is 9.53 Å². The van der Waals surface area contributed by atoms with Crippen molar-refractivity contribution in [1.82, 2.24) is 5.32 Å². The van der Waals surface area contributed by atoms with Gasteiger partial charge in [-0.3, -0.25) is 4.79 Å². The van der Waals surface area contributed by atoms with Crippen LogP contribution in [0, 0.1) is 0 Å². The van der Waals surface area contributed by atoms with Gasteiger partial charge in [-0.25, -0.2) is 0 Å². The first-order valence-electron chi connectivity index (χ1n) is 6.31. The molecule has 20 heavy (non-hydrogen) atoms. The average molecular weight is 283 g/mol. The molecule has 0 amide bonds. The monoisotopic (exact) mass is 283 g/mol. The van der Waals surface area contributed by atoms with Crippen LogP contribution in [0.25, 0.3) is 0 Å². The fourth-order valence-electron chi connectivity index (χ4n) is 1.93.